The Morgan fingerprint density at radius 2 is 1.95 bits per heavy atom. The number of hydrogen-bond donors (Lipinski definition) is 2. The van der Waals surface area contributed by atoms with Crippen LogP contribution in [0, 0.1) is 0 Å². The summed E-state index contributed by atoms with van der Waals surface area (Å²) in [6, 6.07) is 7.17. The van der Waals surface area contributed by atoms with Gasteiger partial charge in [-0.1, -0.05) is 12.1 Å². The molecule has 3 aromatic rings. The summed E-state index contributed by atoms with van der Waals surface area (Å²) < 4.78 is 29.5. The summed E-state index contributed by atoms with van der Waals surface area (Å²) in [5.41, 5.74) is 7.25. The van der Waals surface area contributed by atoms with Crippen molar-refractivity contribution in [1.82, 2.24) is 10.2 Å². The van der Waals surface area contributed by atoms with Crippen LogP contribution in [-0.4, -0.2) is 32.0 Å². The molecule has 3 rings (SSSR count). The van der Waals surface area contributed by atoms with E-state index < -0.39 is 9.84 Å². The maximum absolute atomic E-state index is 12.0. The van der Waals surface area contributed by atoms with Gasteiger partial charge in [0.2, 0.25) is 0 Å². The average molecular weight is 323 g/mol. The summed E-state index contributed by atoms with van der Waals surface area (Å²) in [5.74, 6) is 1.06. The van der Waals surface area contributed by atoms with Crippen molar-refractivity contribution in [3.05, 3.63) is 24.3 Å². The van der Waals surface area contributed by atoms with Crippen LogP contribution in [0.3, 0.4) is 0 Å². The van der Waals surface area contributed by atoms with Gasteiger partial charge in [-0.3, -0.25) is 5.10 Å². The molecule has 6 nitrogen and oxygen atoms in total. The Balaban J connectivity index is 2.34. The first-order chi connectivity index (χ1) is 9.91. The monoisotopic (exact) mass is 323 g/mol. The Hall–Kier alpha value is -2.06. The van der Waals surface area contributed by atoms with E-state index in [1.165, 1.54) is 6.26 Å². The third-order valence-corrected chi connectivity index (χ3v) is 6.03. The molecule has 0 spiro atoms. The van der Waals surface area contributed by atoms with Gasteiger partial charge >= 0.3 is 0 Å². The number of nitrogens with two attached hydrogens (primary N) is 1. The lowest BCUT2D eigenvalue weighted by molar-refractivity contribution is 0.415. The number of aromatic amines is 1. The number of H-pyrrole nitrogens is 1. The lowest BCUT2D eigenvalue weighted by atomic mass is 10.1. The molecule has 21 heavy (non-hydrogen) atoms. The van der Waals surface area contributed by atoms with Crippen LogP contribution in [0.25, 0.3) is 21.3 Å². The second kappa shape index (κ2) is 4.74. The van der Waals surface area contributed by atoms with Gasteiger partial charge in [0, 0.05) is 11.8 Å². The van der Waals surface area contributed by atoms with Crippen LogP contribution in [0.5, 0.6) is 5.75 Å². The van der Waals surface area contributed by atoms with Gasteiger partial charge in [-0.25, -0.2) is 8.42 Å². The summed E-state index contributed by atoms with van der Waals surface area (Å²) in [6.45, 7) is 0. The molecule has 0 unspecified atom stereocenters. The Bertz CT molecular complexity index is 908. The molecule has 2 heterocycles. The number of thiophene rings is 1. The minimum atomic E-state index is -3.37. The zero-order valence-electron chi connectivity index (χ0n) is 11.4. The van der Waals surface area contributed by atoms with E-state index in [1.54, 1.807) is 31.4 Å². The molecule has 0 radical (unpaired) electrons. The van der Waals surface area contributed by atoms with Gasteiger partial charge in [0.1, 0.15) is 20.6 Å². The highest BCUT2D eigenvalue weighted by Gasteiger charge is 2.24. The van der Waals surface area contributed by atoms with Crippen LogP contribution in [0.4, 0.5) is 5.82 Å². The fourth-order valence-electron chi connectivity index (χ4n) is 2.18. The third kappa shape index (κ3) is 2.26. The number of nitrogens with one attached hydrogen (secondary N) is 1. The van der Waals surface area contributed by atoms with Crippen molar-refractivity contribution in [2.75, 3.05) is 19.1 Å². The number of sulfone groups is 1. The second-order valence-electron chi connectivity index (χ2n) is 4.58. The first kappa shape index (κ1) is 13.9. The number of rotatable bonds is 3. The third-order valence-electron chi connectivity index (χ3n) is 3.12. The first-order valence-corrected chi connectivity index (χ1v) is 8.73. The topological polar surface area (TPSA) is 98.1 Å². The zero-order chi connectivity index (χ0) is 15.2. The van der Waals surface area contributed by atoms with Gasteiger partial charge in [-0.05, 0) is 17.7 Å². The lowest BCUT2D eigenvalue weighted by Gasteiger charge is -2.05. The standard InChI is InChI=1S/C13H13N3O3S2/c1-19-8-5-3-7(4-6-8)9-10-11(14)15-16-12(10)20-13(9)21(2,17)18/h3-6H,1-2H3,(H3,14,15,16). The molecule has 0 fully saturated rings. The summed E-state index contributed by atoms with van der Waals surface area (Å²) in [6.07, 6.45) is 1.19. The average Bonchev–Trinajstić information content (AvgIpc) is 2.99. The van der Waals surface area contributed by atoms with Crippen molar-refractivity contribution in [1.29, 1.82) is 0 Å². The molecule has 0 bridgehead atoms. The van der Waals surface area contributed by atoms with Crippen molar-refractivity contribution in [3.63, 3.8) is 0 Å². The molecule has 0 amide bonds. The van der Waals surface area contributed by atoms with E-state index in [0.29, 0.717) is 27.3 Å². The second-order valence-corrected chi connectivity index (χ2v) is 7.79. The number of nitrogen functional groups attached to an aromatic ring is 1. The summed E-state index contributed by atoms with van der Waals surface area (Å²) in [5, 5.41) is 7.38. The summed E-state index contributed by atoms with van der Waals surface area (Å²) in [4.78, 5) is 0.582. The number of methoxy groups -OCH3 is 1. The minimum absolute atomic E-state index is 0.269. The Morgan fingerprint density at radius 1 is 1.29 bits per heavy atom. The lowest BCUT2D eigenvalue weighted by Crippen LogP contribution is -1.97. The van der Waals surface area contributed by atoms with Crippen LogP contribution in [0.1, 0.15) is 0 Å². The van der Waals surface area contributed by atoms with Crippen LogP contribution in [0.2, 0.25) is 0 Å². The van der Waals surface area contributed by atoms with Crippen LogP contribution in [0.15, 0.2) is 28.5 Å². The van der Waals surface area contributed by atoms with Crippen LogP contribution >= 0.6 is 11.3 Å². The van der Waals surface area contributed by atoms with E-state index in [-0.39, 0.29) is 4.21 Å². The molecule has 8 heteroatoms. The number of benzene rings is 1. The maximum atomic E-state index is 12.0. The van der Waals surface area contributed by atoms with Gasteiger partial charge in [-0.2, -0.15) is 5.10 Å². The predicted molar refractivity (Wildman–Crippen MR) is 83.5 cm³/mol. The van der Waals surface area contributed by atoms with Crippen LogP contribution in [-0.2, 0) is 9.84 Å². The Labute approximate surface area is 125 Å². The molecule has 0 aliphatic heterocycles. The molecule has 0 saturated heterocycles. The molecule has 3 N–H and O–H groups in total. The van der Waals surface area contributed by atoms with Gasteiger partial charge in [0.15, 0.2) is 9.84 Å². The normalized spacial score (nSPS) is 11.9. The first-order valence-electron chi connectivity index (χ1n) is 6.02. The highest BCUT2D eigenvalue weighted by Crippen LogP contribution is 2.43. The number of anilines is 1. The van der Waals surface area contributed by atoms with E-state index in [0.717, 1.165) is 16.9 Å². The van der Waals surface area contributed by atoms with E-state index in [2.05, 4.69) is 10.2 Å². The molecule has 0 atom stereocenters. The number of nitrogens with zero attached hydrogens (tertiary/aromatic N) is 1. The highest BCUT2D eigenvalue weighted by molar-refractivity contribution is 7.93. The molecule has 2 aromatic heterocycles. The molecule has 110 valence electrons. The van der Waals surface area contributed by atoms with Crippen molar-refractivity contribution >= 4 is 37.2 Å². The number of fused-ring (bicyclic) bond motifs is 1. The summed E-state index contributed by atoms with van der Waals surface area (Å²) in [7, 11) is -1.79. The van der Waals surface area contributed by atoms with E-state index in [1.807, 2.05) is 0 Å². The van der Waals surface area contributed by atoms with Gasteiger partial charge < -0.3 is 10.5 Å². The molecule has 0 saturated carbocycles. The van der Waals surface area contributed by atoms with Crippen molar-refractivity contribution in [2.45, 2.75) is 4.21 Å². The van der Waals surface area contributed by atoms with Crippen LogP contribution < -0.4 is 10.5 Å². The SMILES string of the molecule is COc1ccc(-c2c(S(C)(=O)=O)sc3n[nH]c(N)c23)cc1. The number of hydrogen-bond acceptors (Lipinski definition) is 6. The Morgan fingerprint density at radius 3 is 2.52 bits per heavy atom. The zero-order valence-corrected chi connectivity index (χ0v) is 13.0. The van der Waals surface area contributed by atoms with Crippen molar-refractivity contribution < 1.29 is 13.2 Å². The number of ether oxygens (including phenoxy) is 1. The van der Waals surface area contributed by atoms with Gasteiger partial charge in [0.05, 0.1) is 12.5 Å². The number of aromatic nitrogens is 2. The fraction of sp³-hybridized carbons (Fsp3) is 0.154. The fourth-order valence-corrected chi connectivity index (χ4v) is 4.51. The van der Waals surface area contributed by atoms with Crippen molar-refractivity contribution in [3.8, 4) is 16.9 Å². The molecule has 0 aliphatic carbocycles. The summed E-state index contributed by atoms with van der Waals surface area (Å²) >= 11 is 1.11. The molecule has 0 aliphatic rings. The smallest absolute Gasteiger partial charge is 0.185 e. The highest BCUT2D eigenvalue weighted by atomic mass is 32.2. The van der Waals surface area contributed by atoms with E-state index >= 15 is 0 Å². The predicted octanol–water partition coefficient (Wildman–Crippen LogP) is 2.29. The van der Waals surface area contributed by atoms with Crippen molar-refractivity contribution in [2.24, 2.45) is 0 Å². The largest absolute Gasteiger partial charge is 0.497 e. The molecule has 1 aromatic carbocycles. The Kier molecular flexibility index (Phi) is 3.14. The van der Waals surface area contributed by atoms with E-state index in [9.17, 15) is 8.42 Å². The quantitative estimate of drug-likeness (QED) is 0.770. The minimum Gasteiger partial charge on any atom is -0.497 e. The molecular weight excluding hydrogens is 310 g/mol. The van der Waals surface area contributed by atoms with E-state index in [4.69, 9.17) is 10.5 Å². The van der Waals surface area contributed by atoms with Gasteiger partial charge in [-0.15, -0.1) is 11.3 Å². The molecular formula is C13H13N3O3S2. The maximum Gasteiger partial charge on any atom is 0.185 e. The van der Waals surface area contributed by atoms with Gasteiger partial charge in [0.25, 0.3) is 0 Å².